The molecule has 3 aliphatic rings. The van der Waals surface area contributed by atoms with Crippen molar-refractivity contribution in [3.63, 3.8) is 0 Å². The molecule has 2 atom stereocenters. The summed E-state index contributed by atoms with van der Waals surface area (Å²) < 4.78 is 5.84. The Kier molecular flexibility index (Phi) is 9.63. The van der Waals surface area contributed by atoms with Crippen LogP contribution in [-0.2, 0) is 19.1 Å². The van der Waals surface area contributed by atoms with Crippen LogP contribution in [0.25, 0.3) is 6.08 Å². The van der Waals surface area contributed by atoms with Gasteiger partial charge in [-0.25, -0.2) is 0 Å². The summed E-state index contributed by atoms with van der Waals surface area (Å²) in [5.74, 6) is -1.35. The van der Waals surface area contributed by atoms with Crippen molar-refractivity contribution in [2.45, 2.75) is 45.1 Å². The van der Waals surface area contributed by atoms with Crippen molar-refractivity contribution in [3.05, 3.63) is 87.5 Å². The fourth-order valence-corrected chi connectivity index (χ4v) is 7.54. The van der Waals surface area contributed by atoms with E-state index < -0.39 is 18.4 Å². The number of allylic oxidation sites excluding steroid dienone is 1. The molecule has 0 spiro atoms. The summed E-state index contributed by atoms with van der Waals surface area (Å²) in [5.41, 5.74) is 4.71. The van der Waals surface area contributed by atoms with E-state index >= 15 is 0 Å². The van der Waals surface area contributed by atoms with E-state index in [0.717, 1.165) is 35.1 Å². The predicted molar refractivity (Wildman–Crippen MR) is 177 cm³/mol. The van der Waals surface area contributed by atoms with Gasteiger partial charge in [-0.2, -0.15) is 0 Å². The minimum atomic E-state index is -1.17. The quantitative estimate of drug-likeness (QED) is 0.136. The van der Waals surface area contributed by atoms with Crippen molar-refractivity contribution in [2.24, 2.45) is 0 Å². The van der Waals surface area contributed by atoms with Crippen LogP contribution in [0.15, 0.2) is 76.4 Å². The van der Waals surface area contributed by atoms with Gasteiger partial charge in [0.15, 0.2) is 0 Å². The van der Waals surface area contributed by atoms with Crippen molar-refractivity contribution in [3.8, 4) is 0 Å². The van der Waals surface area contributed by atoms with Crippen molar-refractivity contribution in [1.29, 1.82) is 0 Å². The highest BCUT2D eigenvalue weighted by molar-refractivity contribution is 8.26. The Morgan fingerprint density at radius 2 is 1.95 bits per heavy atom. The molecule has 8 nitrogen and oxygen atoms in total. The van der Waals surface area contributed by atoms with Gasteiger partial charge in [-0.05, 0) is 68.2 Å². The number of amides is 2. The smallest absolute Gasteiger partial charge is 0.323 e. The third kappa shape index (κ3) is 6.39. The lowest BCUT2D eigenvalue weighted by Crippen LogP contribution is -2.33. The second-order valence-corrected chi connectivity index (χ2v) is 12.4. The molecule has 1 N–H and O–H groups in total. The number of thiocarbonyl (C=S) groups is 1. The highest BCUT2D eigenvalue weighted by Crippen LogP contribution is 2.52. The number of ether oxygens (including phenoxy) is 1. The molecule has 1 saturated carbocycles. The molecular formula is C32H33N3O5S3. The van der Waals surface area contributed by atoms with Gasteiger partial charge in [0.05, 0.1) is 11.6 Å². The van der Waals surface area contributed by atoms with E-state index in [1.165, 1.54) is 40.4 Å². The summed E-state index contributed by atoms with van der Waals surface area (Å²) in [6.07, 6.45) is 8.37. The van der Waals surface area contributed by atoms with Gasteiger partial charge in [0, 0.05) is 42.0 Å². The Balaban J connectivity index is 1.36. The molecule has 2 aromatic rings. The Hall–Kier alpha value is -3.54. The van der Waals surface area contributed by atoms with Crippen LogP contribution < -0.4 is 4.90 Å². The third-order valence-corrected chi connectivity index (χ3v) is 9.58. The van der Waals surface area contributed by atoms with E-state index in [2.05, 4.69) is 53.9 Å². The maximum atomic E-state index is 13.3. The first kappa shape index (κ1) is 30.9. The second kappa shape index (κ2) is 13.4. The second-order valence-electron chi connectivity index (χ2n) is 10.3. The highest BCUT2D eigenvalue weighted by Gasteiger charge is 2.42. The summed E-state index contributed by atoms with van der Waals surface area (Å²) in [6, 6.07) is 17.4. The number of likely N-dealkylation sites (N-methyl/N-ethyl adjacent to an activating group) is 1. The number of carboxylic acids is 1. The first-order valence-corrected chi connectivity index (χ1v) is 15.9. The number of hydrogen-bond donors (Lipinski definition) is 2. The molecular weight excluding hydrogens is 603 g/mol. The molecule has 2 heterocycles. The van der Waals surface area contributed by atoms with Crippen LogP contribution in [-0.4, -0.2) is 62.7 Å². The number of carbonyl (C=O) groups is 3. The van der Waals surface area contributed by atoms with Gasteiger partial charge in [-0.15, -0.1) is 12.6 Å². The summed E-state index contributed by atoms with van der Waals surface area (Å²) in [6.45, 7) is 3.63. The van der Waals surface area contributed by atoms with E-state index in [-0.39, 0.29) is 32.5 Å². The Morgan fingerprint density at radius 1 is 1.19 bits per heavy atom. The number of carbonyl (C=O) groups excluding carboxylic acids is 2. The topological polar surface area (TPSA) is 90.4 Å². The van der Waals surface area contributed by atoms with Gasteiger partial charge in [0.2, 0.25) is 0 Å². The number of thiol groups is 1. The van der Waals surface area contributed by atoms with Crippen LogP contribution in [0.3, 0.4) is 0 Å². The summed E-state index contributed by atoms with van der Waals surface area (Å²) in [7, 11) is 0. The van der Waals surface area contributed by atoms with Crippen molar-refractivity contribution in [1.82, 2.24) is 9.80 Å². The molecule has 2 aliphatic heterocycles. The summed E-state index contributed by atoms with van der Waals surface area (Å²) >= 11 is 10.7. The number of aliphatic carboxylic acids is 1. The largest absolute Gasteiger partial charge is 0.492 e. The number of anilines is 2. The van der Waals surface area contributed by atoms with Gasteiger partial charge in [0.25, 0.3) is 11.8 Å². The number of thioether (sulfide) groups is 1. The maximum absolute atomic E-state index is 13.3. The molecule has 2 amide bonds. The fraction of sp³-hybridized carbons (Fsp3) is 0.312. The average Bonchev–Trinajstić information content (AvgIpc) is 3.66. The molecule has 2 unspecified atom stereocenters. The number of rotatable bonds is 10. The predicted octanol–water partition coefficient (Wildman–Crippen LogP) is 6.30. The first-order chi connectivity index (χ1) is 20.7. The zero-order chi connectivity index (χ0) is 30.7. The molecule has 1 aliphatic carbocycles. The van der Waals surface area contributed by atoms with Crippen molar-refractivity contribution >= 4 is 76.2 Å². The number of hydrogen-bond acceptors (Lipinski definition) is 8. The Morgan fingerprint density at radius 3 is 2.65 bits per heavy atom. The van der Waals surface area contributed by atoms with E-state index in [1.54, 1.807) is 6.92 Å². The van der Waals surface area contributed by atoms with Crippen LogP contribution in [0.2, 0.25) is 0 Å². The number of nitrogens with zero attached hydrogens (tertiary/aromatic N) is 3. The van der Waals surface area contributed by atoms with Crippen molar-refractivity contribution in [2.75, 3.05) is 24.6 Å². The Bertz CT molecular complexity index is 1540. The minimum absolute atomic E-state index is 0.130. The maximum Gasteiger partial charge on any atom is 0.323 e. The molecule has 2 fully saturated rings. The lowest BCUT2D eigenvalue weighted by Gasteiger charge is -2.27. The van der Waals surface area contributed by atoms with Crippen LogP contribution in [0.1, 0.15) is 50.2 Å². The minimum Gasteiger partial charge on any atom is -0.492 e. The lowest BCUT2D eigenvalue weighted by molar-refractivity contribution is -0.140. The zero-order valence-corrected chi connectivity index (χ0v) is 26.5. The molecule has 5 rings (SSSR count). The molecule has 43 heavy (non-hydrogen) atoms. The van der Waals surface area contributed by atoms with Gasteiger partial charge in [-0.1, -0.05) is 54.7 Å². The molecule has 1 saturated heterocycles. The lowest BCUT2D eigenvalue weighted by atomic mass is 9.96. The van der Waals surface area contributed by atoms with E-state index in [9.17, 15) is 14.4 Å². The third-order valence-electron chi connectivity index (χ3n) is 7.76. The molecule has 224 valence electrons. The number of para-hydroxylation sites is 1. The van der Waals surface area contributed by atoms with Crippen molar-refractivity contribution < 1.29 is 24.2 Å². The van der Waals surface area contributed by atoms with E-state index in [0.29, 0.717) is 18.5 Å². The van der Waals surface area contributed by atoms with Gasteiger partial charge in [0.1, 0.15) is 21.5 Å². The van der Waals surface area contributed by atoms with Crippen LogP contribution >= 0.6 is 36.6 Å². The summed E-state index contributed by atoms with van der Waals surface area (Å²) in [4.78, 5) is 42.5. The number of benzene rings is 2. The highest BCUT2D eigenvalue weighted by atomic mass is 32.2. The molecule has 2 aromatic carbocycles. The SMILES string of the molecule is CCO/C(C=C(S)N(CC)C(=O)/C=C/c1ccc2c(c1)C1CCCC1N2c1ccccc1)=C1\SC(=S)N(CC(=O)O)C1=O. The standard InChI is InChI=1S/C32H33N3O5S3/c1-3-33(28(41)18-26(40-4-2)30-31(39)34(19-29(37)38)32(42)43-30)27(36)16-14-20-13-15-25-23(17-20)22-11-8-12-24(22)35(25)21-9-6-5-7-10-21/h5-7,9-10,13-18,22,24,41H,3-4,8,11-12,19H2,1-2H3,(H,37,38)/b16-14+,28-18?,30-26-. The zero-order valence-electron chi connectivity index (χ0n) is 23.9. The van der Waals surface area contributed by atoms with Crippen LogP contribution in [0.5, 0.6) is 0 Å². The molecule has 0 aromatic heterocycles. The number of fused-ring (bicyclic) bond motifs is 3. The molecule has 11 heteroatoms. The number of carboxylic acid groups (broad SMARTS) is 1. The van der Waals surface area contributed by atoms with Crippen LogP contribution in [0, 0.1) is 0 Å². The van der Waals surface area contributed by atoms with Gasteiger partial charge < -0.3 is 19.6 Å². The average molecular weight is 636 g/mol. The fourth-order valence-electron chi connectivity index (χ4n) is 5.93. The molecule has 0 bridgehead atoms. The molecule has 0 radical (unpaired) electrons. The van der Waals surface area contributed by atoms with E-state index in [4.69, 9.17) is 22.1 Å². The van der Waals surface area contributed by atoms with Gasteiger partial charge >= 0.3 is 5.97 Å². The monoisotopic (exact) mass is 635 g/mol. The Labute approximate surface area is 266 Å². The van der Waals surface area contributed by atoms with E-state index in [1.807, 2.05) is 25.1 Å². The van der Waals surface area contributed by atoms with Gasteiger partial charge in [-0.3, -0.25) is 19.3 Å². The first-order valence-electron chi connectivity index (χ1n) is 14.2. The summed E-state index contributed by atoms with van der Waals surface area (Å²) in [5, 5.41) is 9.42. The normalized spacial score (nSPS) is 21.0. The van der Waals surface area contributed by atoms with Crippen LogP contribution in [0.4, 0.5) is 11.4 Å².